The number of pyridine rings is 1. The molecule has 0 radical (unpaired) electrons. The van der Waals surface area contributed by atoms with Crippen molar-refractivity contribution < 1.29 is 4.79 Å². The molecule has 98 valence electrons. The van der Waals surface area contributed by atoms with E-state index < -0.39 is 0 Å². The summed E-state index contributed by atoms with van der Waals surface area (Å²) in [5.74, 6) is 0. The van der Waals surface area contributed by atoms with Gasteiger partial charge in [-0.05, 0) is 17.0 Å². The first-order chi connectivity index (χ1) is 9.74. The van der Waals surface area contributed by atoms with E-state index in [1.807, 2.05) is 48.5 Å². The highest BCUT2D eigenvalue weighted by atomic mass is 16.1. The second kappa shape index (κ2) is 4.78. The van der Waals surface area contributed by atoms with Crippen molar-refractivity contribution in [2.24, 2.45) is 7.05 Å². The van der Waals surface area contributed by atoms with Gasteiger partial charge < -0.3 is 4.57 Å². The molecule has 3 nitrogen and oxygen atoms in total. The number of nitrogens with zero attached hydrogens (tertiary/aromatic N) is 1. The van der Waals surface area contributed by atoms with E-state index in [1.54, 1.807) is 13.1 Å². The first-order valence-electron chi connectivity index (χ1n) is 6.36. The third-order valence-electron chi connectivity index (χ3n) is 3.52. The van der Waals surface area contributed by atoms with Crippen LogP contribution >= 0.6 is 0 Å². The Kier molecular flexibility index (Phi) is 2.95. The van der Waals surface area contributed by atoms with Gasteiger partial charge in [0.1, 0.15) is 0 Å². The van der Waals surface area contributed by atoms with Crippen LogP contribution in [-0.4, -0.2) is 10.9 Å². The Hall–Kier alpha value is -2.68. The minimum atomic E-state index is -0.151. The molecule has 0 saturated carbocycles. The van der Waals surface area contributed by atoms with E-state index >= 15 is 0 Å². The van der Waals surface area contributed by atoms with Crippen molar-refractivity contribution in [2.45, 2.75) is 0 Å². The van der Waals surface area contributed by atoms with Gasteiger partial charge in [-0.1, -0.05) is 48.5 Å². The quantitative estimate of drug-likeness (QED) is 0.667. The summed E-state index contributed by atoms with van der Waals surface area (Å²) in [6.07, 6.45) is 0.746. The molecule has 0 bridgehead atoms. The molecular weight excluding hydrogens is 250 g/mol. The number of carbonyl (C=O) groups excluding carboxylic acids is 1. The summed E-state index contributed by atoms with van der Waals surface area (Å²) < 4.78 is 1.41. The van der Waals surface area contributed by atoms with E-state index in [0.29, 0.717) is 11.1 Å². The molecule has 0 aliphatic rings. The summed E-state index contributed by atoms with van der Waals surface area (Å²) in [7, 11) is 1.63. The molecule has 0 amide bonds. The Labute approximate surface area is 116 Å². The lowest BCUT2D eigenvalue weighted by Crippen LogP contribution is -2.21. The lowest BCUT2D eigenvalue weighted by Gasteiger charge is -2.13. The second-order valence-corrected chi connectivity index (χ2v) is 4.65. The summed E-state index contributed by atoms with van der Waals surface area (Å²) in [4.78, 5) is 23.8. The standard InChI is InChI=1S/C17H13NO2/c1-18-15(11-19)16(12-7-3-2-4-8-12)13-9-5-6-10-14(13)17(18)20/h2-11H,1H3. The van der Waals surface area contributed by atoms with Crippen LogP contribution in [0.15, 0.2) is 59.4 Å². The number of aldehydes is 1. The van der Waals surface area contributed by atoms with E-state index in [4.69, 9.17) is 0 Å². The molecule has 20 heavy (non-hydrogen) atoms. The Morgan fingerprint density at radius 2 is 1.50 bits per heavy atom. The van der Waals surface area contributed by atoms with Crippen LogP contribution in [0.25, 0.3) is 21.9 Å². The molecule has 0 N–H and O–H groups in total. The highest BCUT2D eigenvalue weighted by Crippen LogP contribution is 2.29. The lowest BCUT2D eigenvalue weighted by atomic mass is 9.97. The predicted octanol–water partition coefficient (Wildman–Crippen LogP) is 3.02. The van der Waals surface area contributed by atoms with Crippen LogP contribution in [0.3, 0.4) is 0 Å². The maximum Gasteiger partial charge on any atom is 0.258 e. The summed E-state index contributed by atoms with van der Waals surface area (Å²) in [6.45, 7) is 0. The van der Waals surface area contributed by atoms with Gasteiger partial charge in [0.25, 0.3) is 5.56 Å². The van der Waals surface area contributed by atoms with Crippen molar-refractivity contribution in [1.29, 1.82) is 0 Å². The minimum Gasteiger partial charge on any atom is -0.308 e. The largest absolute Gasteiger partial charge is 0.308 e. The van der Waals surface area contributed by atoms with Crippen molar-refractivity contribution in [3.8, 4) is 11.1 Å². The molecule has 3 rings (SSSR count). The molecule has 3 heteroatoms. The molecule has 0 unspecified atom stereocenters. The van der Waals surface area contributed by atoms with Crippen molar-refractivity contribution in [3.63, 3.8) is 0 Å². The van der Waals surface area contributed by atoms with Crippen LogP contribution in [0.4, 0.5) is 0 Å². The first kappa shape index (κ1) is 12.4. The second-order valence-electron chi connectivity index (χ2n) is 4.65. The van der Waals surface area contributed by atoms with Gasteiger partial charge in [0.05, 0.1) is 5.69 Å². The zero-order valence-corrected chi connectivity index (χ0v) is 11.0. The van der Waals surface area contributed by atoms with E-state index in [2.05, 4.69) is 0 Å². The summed E-state index contributed by atoms with van der Waals surface area (Å²) in [5.41, 5.74) is 1.99. The highest BCUT2D eigenvalue weighted by molar-refractivity contribution is 6.02. The van der Waals surface area contributed by atoms with Gasteiger partial charge in [-0.3, -0.25) is 9.59 Å². The molecule has 3 aromatic rings. The summed E-state index contributed by atoms with van der Waals surface area (Å²) in [6, 6.07) is 17.0. The molecule has 0 aliphatic heterocycles. The molecule has 0 spiro atoms. The molecular formula is C17H13NO2. The molecule has 0 fully saturated rings. The van der Waals surface area contributed by atoms with Crippen LogP contribution in [0.2, 0.25) is 0 Å². The van der Waals surface area contributed by atoms with Gasteiger partial charge in [-0.2, -0.15) is 0 Å². The van der Waals surface area contributed by atoms with Gasteiger partial charge >= 0.3 is 0 Å². The minimum absolute atomic E-state index is 0.151. The molecule has 0 atom stereocenters. The van der Waals surface area contributed by atoms with E-state index in [1.165, 1.54) is 4.57 Å². The van der Waals surface area contributed by atoms with Gasteiger partial charge in [0.15, 0.2) is 6.29 Å². The van der Waals surface area contributed by atoms with E-state index in [9.17, 15) is 9.59 Å². The number of hydrogen-bond acceptors (Lipinski definition) is 2. The predicted molar refractivity (Wildman–Crippen MR) is 80.0 cm³/mol. The fourth-order valence-corrected chi connectivity index (χ4v) is 2.53. The van der Waals surface area contributed by atoms with E-state index in [-0.39, 0.29) is 5.56 Å². The van der Waals surface area contributed by atoms with Crippen LogP contribution in [0.5, 0.6) is 0 Å². The maximum absolute atomic E-state index is 12.3. The average molecular weight is 263 g/mol. The maximum atomic E-state index is 12.3. The van der Waals surface area contributed by atoms with Crippen LogP contribution in [0, 0.1) is 0 Å². The molecule has 0 saturated heterocycles. The van der Waals surface area contributed by atoms with Crippen molar-refractivity contribution in [3.05, 3.63) is 70.6 Å². The number of benzene rings is 2. The Balaban J connectivity index is 2.56. The fraction of sp³-hybridized carbons (Fsp3) is 0.0588. The smallest absolute Gasteiger partial charge is 0.258 e. The summed E-state index contributed by atoms with van der Waals surface area (Å²) >= 11 is 0. The Bertz CT molecular complexity index is 848. The zero-order valence-electron chi connectivity index (χ0n) is 11.0. The van der Waals surface area contributed by atoms with Crippen LogP contribution < -0.4 is 5.56 Å². The van der Waals surface area contributed by atoms with Gasteiger partial charge in [-0.15, -0.1) is 0 Å². The van der Waals surface area contributed by atoms with Crippen LogP contribution in [-0.2, 0) is 7.05 Å². The van der Waals surface area contributed by atoms with Crippen molar-refractivity contribution >= 4 is 17.1 Å². The Morgan fingerprint density at radius 1 is 0.900 bits per heavy atom. The van der Waals surface area contributed by atoms with E-state index in [0.717, 1.165) is 22.8 Å². The average Bonchev–Trinajstić information content (AvgIpc) is 2.51. The fourth-order valence-electron chi connectivity index (χ4n) is 2.53. The number of hydrogen-bond donors (Lipinski definition) is 0. The molecule has 0 aliphatic carbocycles. The number of fused-ring (bicyclic) bond motifs is 1. The number of aromatic nitrogens is 1. The number of rotatable bonds is 2. The molecule has 1 aromatic heterocycles. The number of carbonyl (C=O) groups is 1. The van der Waals surface area contributed by atoms with Crippen molar-refractivity contribution in [1.82, 2.24) is 4.57 Å². The molecule has 1 heterocycles. The third kappa shape index (κ3) is 1.75. The zero-order chi connectivity index (χ0) is 14.1. The molecule has 2 aromatic carbocycles. The van der Waals surface area contributed by atoms with Gasteiger partial charge in [-0.25, -0.2) is 0 Å². The lowest BCUT2D eigenvalue weighted by molar-refractivity contribution is 0.111. The van der Waals surface area contributed by atoms with Gasteiger partial charge in [0, 0.05) is 18.0 Å². The monoisotopic (exact) mass is 263 g/mol. The topological polar surface area (TPSA) is 39.1 Å². The van der Waals surface area contributed by atoms with Gasteiger partial charge in [0.2, 0.25) is 0 Å². The summed E-state index contributed by atoms with van der Waals surface area (Å²) in [5, 5.41) is 1.43. The normalized spacial score (nSPS) is 10.7. The third-order valence-corrected chi connectivity index (χ3v) is 3.52. The first-order valence-corrected chi connectivity index (χ1v) is 6.36. The van der Waals surface area contributed by atoms with Crippen molar-refractivity contribution in [2.75, 3.05) is 0 Å². The highest BCUT2D eigenvalue weighted by Gasteiger charge is 2.15. The van der Waals surface area contributed by atoms with Crippen LogP contribution in [0.1, 0.15) is 10.5 Å². The Morgan fingerprint density at radius 3 is 2.15 bits per heavy atom. The SMILES string of the molecule is Cn1c(C=O)c(-c2ccccc2)c2ccccc2c1=O.